The molecular formula is C34H34F3N9O3. The van der Waals surface area contributed by atoms with Gasteiger partial charge in [0, 0.05) is 56.4 Å². The molecule has 1 saturated heterocycles. The minimum absolute atomic E-state index is 0.115. The minimum atomic E-state index is -4.78. The Morgan fingerprint density at radius 1 is 1.00 bits per heavy atom. The quantitative estimate of drug-likeness (QED) is 0.234. The molecule has 1 fully saturated rings. The predicted molar refractivity (Wildman–Crippen MR) is 175 cm³/mol. The van der Waals surface area contributed by atoms with Crippen LogP contribution in [0.15, 0.2) is 67.1 Å². The van der Waals surface area contributed by atoms with E-state index >= 15 is 0 Å². The van der Waals surface area contributed by atoms with E-state index in [1.807, 2.05) is 43.6 Å². The summed E-state index contributed by atoms with van der Waals surface area (Å²) in [4.78, 5) is 34.7. The van der Waals surface area contributed by atoms with E-state index in [1.165, 1.54) is 25.3 Å². The number of methoxy groups -OCH3 is 2. The Bertz CT molecular complexity index is 2140. The molecule has 1 unspecified atom stereocenters. The second-order valence-electron chi connectivity index (χ2n) is 12.0. The number of alkyl halides is 3. The summed E-state index contributed by atoms with van der Waals surface area (Å²) in [5, 5.41) is 5.18. The molecule has 0 radical (unpaired) electrons. The van der Waals surface area contributed by atoms with Gasteiger partial charge in [0.25, 0.3) is 0 Å². The van der Waals surface area contributed by atoms with Crippen LogP contribution in [0.4, 0.5) is 13.2 Å². The van der Waals surface area contributed by atoms with Crippen molar-refractivity contribution in [1.29, 1.82) is 0 Å². The van der Waals surface area contributed by atoms with Crippen molar-refractivity contribution in [3.63, 3.8) is 0 Å². The van der Waals surface area contributed by atoms with Crippen molar-refractivity contribution < 1.29 is 27.4 Å². The Morgan fingerprint density at radius 2 is 1.84 bits per heavy atom. The first-order valence-electron chi connectivity index (χ1n) is 15.7. The Labute approximate surface area is 279 Å². The van der Waals surface area contributed by atoms with Crippen LogP contribution in [0.3, 0.4) is 0 Å². The van der Waals surface area contributed by atoms with Crippen LogP contribution in [0.5, 0.6) is 11.6 Å². The van der Waals surface area contributed by atoms with Gasteiger partial charge in [0.2, 0.25) is 17.6 Å². The zero-order chi connectivity index (χ0) is 34.3. The fraction of sp³-hybridized carbons (Fsp3) is 0.324. The summed E-state index contributed by atoms with van der Waals surface area (Å²) in [5.41, 5.74) is 3.40. The van der Waals surface area contributed by atoms with Gasteiger partial charge in [0.05, 0.1) is 60.5 Å². The molecule has 1 aliphatic rings. The van der Waals surface area contributed by atoms with Crippen LogP contribution in [0.1, 0.15) is 29.7 Å². The topological polar surface area (TPSA) is 119 Å². The molecule has 0 saturated carbocycles. The van der Waals surface area contributed by atoms with E-state index in [0.717, 1.165) is 21.0 Å². The number of rotatable bonds is 8. The predicted octanol–water partition coefficient (Wildman–Crippen LogP) is 5.22. The van der Waals surface area contributed by atoms with Gasteiger partial charge in [-0.05, 0) is 30.7 Å². The van der Waals surface area contributed by atoms with E-state index in [4.69, 9.17) is 14.5 Å². The molecular weight excluding hydrogens is 639 g/mol. The SMILES string of the molecule is COc1ccc2nc(C(F)(F)F)n(CC(=O)N3CCN(Cc4cnn(C)c4)CCC3c3ncc(-c4cc5ccccc5nc4OC)[nH]3)c2c1. The van der Waals surface area contributed by atoms with Crippen LogP contribution >= 0.6 is 0 Å². The van der Waals surface area contributed by atoms with Crippen molar-refractivity contribution in [3.05, 3.63) is 84.3 Å². The van der Waals surface area contributed by atoms with Gasteiger partial charge in [0.1, 0.15) is 18.1 Å². The smallest absolute Gasteiger partial charge is 0.449 e. The molecule has 12 nitrogen and oxygen atoms in total. The van der Waals surface area contributed by atoms with Crippen molar-refractivity contribution in [2.24, 2.45) is 7.05 Å². The second-order valence-corrected chi connectivity index (χ2v) is 12.0. The van der Waals surface area contributed by atoms with E-state index in [0.29, 0.717) is 54.8 Å². The van der Waals surface area contributed by atoms with Gasteiger partial charge in [-0.1, -0.05) is 18.2 Å². The van der Waals surface area contributed by atoms with Gasteiger partial charge in [0.15, 0.2) is 0 Å². The first kappa shape index (κ1) is 32.1. The monoisotopic (exact) mass is 673 g/mol. The van der Waals surface area contributed by atoms with Gasteiger partial charge >= 0.3 is 6.18 Å². The number of benzene rings is 2. The maximum absolute atomic E-state index is 14.3. The summed E-state index contributed by atoms with van der Waals surface area (Å²) < 4.78 is 56.3. The summed E-state index contributed by atoms with van der Waals surface area (Å²) in [6, 6.07) is 13.5. The van der Waals surface area contributed by atoms with Crippen LogP contribution in [0, 0.1) is 0 Å². The van der Waals surface area contributed by atoms with E-state index < -0.39 is 30.5 Å². The number of hydrogen-bond acceptors (Lipinski definition) is 8. The maximum Gasteiger partial charge on any atom is 0.449 e. The lowest BCUT2D eigenvalue weighted by Gasteiger charge is -2.29. The Morgan fingerprint density at radius 3 is 2.59 bits per heavy atom. The second kappa shape index (κ2) is 12.9. The van der Waals surface area contributed by atoms with E-state index in [9.17, 15) is 18.0 Å². The molecule has 7 rings (SSSR count). The number of carbonyl (C=O) groups is 1. The molecule has 1 atom stereocenters. The highest BCUT2D eigenvalue weighted by Gasteiger charge is 2.39. The van der Waals surface area contributed by atoms with Gasteiger partial charge in [-0.2, -0.15) is 18.3 Å². The highest BCUT2D eigenvalue weighted by Crippen LogP contribution is 2.35. The number of nitrogens with zero attached hydrogens (tertiary/aromatic N) is 8. The number of imidazole rings is 2. The number of hydrogen-bond donors (Lipinski definition) is 1. The molecule has 0 bridgehead atoms. The molecule has 1 aliphatic heterocycles. The molecule has 6 aromatic rings. The molecule has 1 amide bonds. The van der Waals surface area contributed by atoms with Gasteiger partial charge < -0.3 is 23.9 Å². The normalized spacial score (nSPS) is 16.0. The fourth-order valence-electron chi connectivity index (χ4n) is 6.45. The number of aromatic nitrogens is 7. The highest BCUT2D eigenvalue weighted by molar-refractivity contribution is 5.85. The van der Waals surface area contributed by atoms with Gasteiger partial charge in [-0.15, -0.1) is 0 Å². The van der Waals surface area contributed by atoms with Crippen molar-refractivity contribution in [2.45, 2.75) is 31.7 Å². The van der Waals surface area contributed by atoms with Crippen LogP contribution in [0.2, 0.25) is 0 Å². The van der Waals surface area contributed by atoms with Crippen LogP contribution in [0.25, 0.3) is 33.2 Å². The largest absolute Gasteiger partial charge is 0.497 e. The Kier molecular flexibility index (Phi) is 8.44. The third kappa shape index (κ3) is 6.40. The average molecular weight is 674 g/mol. The number of pyridine rings is 1. The van der Waals surface area contributed by atoms with E-state index in [2.05, 4.69) is 25.0 Å². The molecule has 4 aromatic heterocycles. The van der Waals surface area contributed by atoms with Crippen LogP contribution in [-0.4, -0.2) is 83.8 Å². The summed E-state index contributed by atoms with van der Waals surface area (Å²) >= 11 is 0. The number of para-hydroxylation sites is 1. The van der Waals surface area contributed by atoms with Gasteiger partial charge in [-0.3, -0.25) is 14.4 Å². The lowest BCUT2D eigenvalue weighted by molar-refractivity contribution is -0.148. The molecule has 0 aliphatic carbocycles. The highest BCUT2D eigenvalue weighted by atomic mass is 19.4. The van der Waals surface area contributed by atoms with Crippen molar-refractivity contribution in [1.82, 2.24) is 44.1 Å². The fourth-order valence-corrected chi connectivity index (χ4v) is 6.45. The number of amides is 1. The zero-order valence-corrected chi connectivity index (χ0v) is 27.1. The molecule has 0 spiro atoms. The maximum atomic E-state index is 14.3. The van der Waals surface area contributed by atoms with Crippen molar-refractivity contribution in [3.8, 4) is 22.9 Å². The standard InChI is InChI=1S/C34H34F3N9O3/c1-43-18-21(16-39-43)19-44-11-10-28(31-38-17-27(40-31)24-14-22-6-4-5-7-25(22)41-32(24)49-3)45(13-12-44)30(47)20-46-29-15-23(48-2)8-9-26(29)42-33(46)34(35,36)37/h4-9,14-18,28H,10-13,19-20H2,1-3H3,(H,38,40). The van der Waals surface area contributed by atoms with E-state index in [1.54, 1.807) is 29.1 Å². The number of halogens is 3. The minimum Gasteiger partial charge on any atom is -0.497 e. The Balaban J connectivity index is 1.24. The lowest BCUT2D eigenvalue weighted by atomic mass is 10.1. The molecule has 254 valence electrons. The first-order valence-corrected chi connectivity index (χ1v) is 15.7. The van der Waals surface area contributed by atoms with E-state index in [-0.39, 0.29) is 17.6 Å². The molecule has 15 heteroatoms. The number of fused-ring (bicyclic) bond motifs is 2. The number of aryl methyl sites for hydroxylation is 1. The number of carbonyl (C=O) groups excluding carboxylic acids is 1. The molecule has 2 aromatic carbocycles. The summed E-state index contributed by atoms with van der Waals surface area (Å²) in [6.45, 7) is 1.40. The van der Waals surface area contributed by atoms with Crippen LogP contribution < -0.4 is 9.47 Å². The molecule has 5 heterocycles. The third-order valence-electron chi connectivity index (χ3n) is 8.82. The number of H-pyrrole nitrogens is 1. The third-order valence-corrected chi connectivity index (χ3v) is 8.82. The Hall–Kier alpha value is -5.44. The number of ether oxygens (including phenoxy) is 2. The van der Waals surface area contributed by atoms with Crippen molar-refractivity contribution >= 4 is 27.8 Å². The summed E-state index contributed by atoms with van der Waals surface area (Å²) in [6.07, 6.45) is 1.10. The molecule has 49 heavy (non-hydrogen) atoms. The average Bonchev–Trinajstić information content (AvgIpc) is 3.80. The van der Waals surface area contributed by atoms with Crippen molar-refractivity contribution in [2.75, 3.05) is 33.9 Å². The first-order chi connectivity index (χ1) is 23.6. The number of nitrogens with one attached hydrogen (secondary N) is 1. The summed E-state index contributed by atoms with van der Waals surface area (Å²) in [7, 11) is 4.82. The molecule has 1 N–H and O–H groups in total. The zero-order valence-electron chi connectivity index (χ0n) is 27.1. The lowest BCUT2D eigenvalue weighted by Crippen LogP contribution is -2.39. The van der Waals surface area contributed by atoms with Crippen LogP contribution in [-0.2, 0) is 31.1 Å². The van der Waals surface area contributed by atoms with Gasteiger partial charge in [-0.25, -0.2) is 15.0 Å². The number of aromatic amines is 1. The summed E-state index contributed by atoms with van der Waals surface area (Å²) in [5.74, 6) is -0.369.